The van der Waals surface area contributed by atoms with Gasteiger partial charge >= 0.3 is 0 Å². The molecule has 1 fully saturated rings. The molecule has 2 atom stereocenters. The van der Waals surface area contributed by atoms with Crippen molar-refractivity contribution in [3.8, 4) is 0 Å². The summed E-state index contributed by atoms with van der Waals surface area (Å²) >= 11 is 0. The van der Waals surface area contributed by atoms with E-state index in [1.54, 1.807) is 0 Å². The molecule has 1 saturated heterocycles. The maximum absolute atomic E-state index is 3.29. The molecular formula is C12H26N2. The molecule has 1 N–H and O–H groups in total. The largest absolute Gasteiger partial charge is 0.317 e. The molecule has 0 aromatic carbocycles. The van der Waals surface area contributed by atoms with Crippen LogP contribution in [-0.4, -0.2) is 37.1 Å². The maximum Gasteiger partial charge on any atom is 0.00674 e. The number of likely N-dealkylation sites (tertiary alicyclic amines) is 1. The van der Waals surface area contributed by atoms with E-state index in [1.807, 2.05) is 7.05 Å². The van der Waals surface area contributed by atoms with E-state index in [0.29, 0.717) is 6.04 Å². The summed E-state index contributed by atoms with van der Waals surface area (Å²) in [5.41, 5.74) is 0. The van der Waals surface area contributed by atoms with Crippen molar-refractivity contribution in [1.82, 2.24) is 10.2 Å². The lowest BCUT2D eigenvalue weighted by Gasteiger charge is -2.21. The number of rotatable bonds is 6. The zero-order valence-electron chi connectivity index (χ0n) is 10.1. The Morgan fingerprint density at radius 3 is 2.79 bits per heavy atom. The Bertz CT molecular complexity index is 147. The maximum atomic E-state index is 3.29. The molecule has 0 aromatic rings. The molecule has 14 heavy (non-hydrogen) atoms. The molecule has 1 aliphatic heterocycles. The molecule has 2 nitrogen and oxygen atoms in total. The average molecular weight is 198 g/mol. The van der Waals surface area contributed by atoms with E-state index in [9.17, 15) is 0 Å². The van der Waals surface area contributed by atoms with Crippen LogP contribution in [-0.2, 0) is 0 Å². The van der Waals surface area contributed by atoms with E-state index in [2.05, 4.69) is 24.1 Å². The van der Waals surface area contributed by atoms with E-state index in [-0.39, 0.29) is 0 Å². The van der Waals surface area contributed by atoms with Gasteiger partial charge in [-0.15, -0.1) is 0 Å². The summed E-state index contributed by atoms with van der Waals surface area (Å²) in [5, 5.41) is 3.29. The van der Waals surface area contributed by atoms with Gasteiger partial charge in [-0.1, -0.05) is 6.42 Å². The van der Waals surface area contributed by atoms with E-state index < -0.39 is 0 Å². The SMILES string of the molecule is CNC(C)CCCCN1CCCC1C. The summed E-state index contributed by atoms with van der Waals surface area (Å²) in [7, 11) is 2.05. The van der Waals surface area contributed by atoms with Crippen LogP contribution in [0.5, 0.6) is 0 Å². The van der Waals surface area contributed by atoms with Crippen LogP contribution < -0.4 is 5.32 Å². The van der Waals surface area contributed by atoms with Crippen LogP contribution in [0.1, 0.15) is 46.0 Å². The van der Waals surface area contributed by atoms with Crippen LogP contribution in [0.15, 0.2) is 0 Å². The van der Waals surface area contributed by atoms with Gasteiger partial charge in [0, 0.05) is 12.1 Å². The highest BCUT2D eigenvalue weighted by Gasteiger charge is 2.18. The zero-order chi connectivity index (χ0) is 10.4. The molecule has 0 amide bonds. The smallest absolute Gasteiger partial charge is 0.00674 e. The fourth-order valence-electron chi connectivity index (χ4n) is 2.23. The van der Waals surface area contributed by atoms with Crippen LogP contribution in [0, 0.1) is 0 Å². The highest BCUT2D eigenvalue weighted by Crippen LogP contribution is 2.17. The van der Waals surface area contributed by atoms with Gasteiger partial charge in [0.05, 0.1) is 0 Å². The normalized spacial score (nSPS) is 25.5. The Kier molecular flexibility index (Phi) is 5.49. The molecule has 0 saturated carbocycles. The van der Waals surface area contributed by atoms with Crippen molar-refractivity contribution in [2.24, 2.45) is 0 Å². The molecule has 0 aliphatic carbocycles. The van der Waals surface area contributed by atoms with Gasteiger partial charge in [0.15, 0.2) is 0 Å². The Morgan fingerprint density at radius 1 is 1.43 bits per heavy atom. The van der Waals surface area contributed by atoms with E-state index >= 15 is 0 Å². The first-order valence-electron chi connectivity index (χ1n) is 6.15. The molecule has 0 aromatic heterocycles. The second-order valence-electron chi connectivity index (χ2n) is 4.71. The van der Waals surface area contributed by atoms with Gasteiger partial charge in [0.1, 0.15) is 0 Å². The lowest BCUT2D eigenvalue weighted by molar-refractivity contribution is 0.261. The lowest BCUT2D eigenvalue weighted by atomic mass is 10.1. The second kappa shape index (κ2) is 6.41. The molecule has 0 radical (unpaired) electrons. The fourth-order valence-corrected chi connectivity index (χ4v) is 2.23. The van der Waals surface area contributed by atoms with E-state index in [4.69, 9.17) is 0 Å². The van der Waals surface area contributed by atoms with Crippen LogP contribution in [0.25, 0.3) is 0 Å². The monoisotopic (exact) mass is 198 g/mol. The first-order chi connectivity index (χ1) is 6.74. The van der Waals surface area contributed by atoms with Crippen molar-refractivity contribution < 1.29 is 0 Å². The molecule has 1 aliphatic rings. The molecule has 2 heteroatoms. The van der Waals surface area contributed by atoms with Crippen molar-refractivity contribution in [3.05, 3.63) is 0 Å². The standard InChI is InChI=1S/C12H26N2/c1-11(13-3)7-4-5-9-14-10-6-8-12(14)2/h11-13H,4-10H2,1-3H3. The highest BCUT2D eigenvalue weighted by molar-refractivity contribution is 4.74. The summed E-state index contributed by atoms with van der Waals surface area (Å²) in [6, 6.07) is 1.53. The topological polar surface area (TPSA) is 15.3 Å². The Morgan fingerprint density at radius 2 is 2.21 bits per heavy atom. The van der Waals surface area contributed by atoms with Gasteiger partial charge in [-0.05, 0) is 59.7 Å². The highest BCUT2D eigenvalue weighted by atomic mass is 15.2. The Hall–Kier alpha value is -0.0800. The third-order valence-electron chi connectivity index (χ3n) is 3.52. The minimum atomic E-state index is 0.686. The van der Waals surface area contributed by atoms with Gasteiger partial charge in [-0.25, -0.2) is 0 Å². The minimum absolute atomic E-state index is 0.686. The van der Waals surface area contributed by atoms with Gasteiger partial charge < -0.3 is 10.2 Å². The first-order valence-corrected chi connectivity index (χ1v) is 6.15. The quantitative estimate of drug-likeness (QED) is 0.659. The molecule has 2 unspecified atom stereocenters. The summed E-state index contributed by atoms with van der Waals surface area (Å²) in [4.78, 5) is 2.64. The van der Waals surface area contributed by atoms with E-state index in [0.717, 1.165) is 6.04 Å². The van der Waals surface area contributed by atoms with Crippen LogP contribution in [0.2, 0.25) is 0 Å². The number of unbranched alkanes of at least 4 members (excludes halogenated alkanes) is 1. The van der Waals surface area contributed by atoms with Crippen molar-refractivity contribution in [2.45, 2.75) is 58.0 Å². The van der Waals surface area contributed by atoms with Crippen molar-refractivity contribution in [3.63, 3.8) is 0 Å². The molecule has 0 bridgehead atoms. The predicted octanol–water partition coefficient (Wildman–Crippen LogP) is 2.25. The van der Waals surface area contributed by atoms with Crippen LogP contribution in [0.3, 0.4) is 0 Å². The first kappa shape index (κ1) is 12.0. The Balaban J connectivity index is 1.98. The van der Waals surface area contributed by atoms with Gasteiger partial charge in [-0.3, -0.25) is 0 Å². The number of nitrogens with zero attached hydrogens (tertiary/aromatic N) is 1. The van der Waals surface area contributed by atoms with Crippen molar-refractivity contribution in [1.29, 1.82) is 0 Å². The molecule has 0 spiro atoms. The van der Waals surface area contributed by atoms with Gasteiger partial charge in [0.2, 0.25) is 0 Å². The molecule has 84 valence electrons. The summed E-state index contributed by atoms with van der Waals surface area (Å²) in [6.45, 7) is 7.28. The predicted molar refractivity (Wildman–Crippen MR) is 62.6 cm³/mol. The average Bonchev–Trinajstić information content (AvgIpc) is 2.58. The van der Waals surface area contributed by atoms with Gasteiger partial charge in [-0.2, -0.15) is 0 Å². The van der Waals surface area contributed by atoms with Crippen LogP contribution in [0.4, 0.5) is 0 Å². The lowest BCUT2D eigenvalue weighted by Crippen LogP contribution is -2.28. The van der Waals surface area contributed by atoms with E-state index in [1.165, 1.54) is 45.2 Å². The second-order valence-corrected chi connectivity index (χ2v) is 4.71. The zero-order valence-corrected chi connectivity index (χ0v) is 10.1. The third-order valence-corrected chi connectivity index (χ3v) is 3.52. The van der Waals surface area contributed by atoms with Gasteiger partial charge in [0.25, 0.3) is 0 Å². The number of hydrogen-bond acceptors (Lipinski definition) is 2. The fraction of sp³-hybridized carbons (Fsp3) is 1.00. The van der Waals surface area contributed by atoms with Crippen molar-refractivity contribution in [2.75, 3.05) is 20.1 Å². The summed E-state index contributed by atoms with van der Waals surface area (Å²) < 4.78 is 0. The minimum Gasteiger partial charge on any atom is -0.317 e. The number of hydrogen-bond donors (Lipinski definition) is 1. The Labute approximate surface area is 89.1 Å². The molecule has 1 rings (SSSR count). The van der Waals surface area contributed by atoms with Crippen molar-refractivity contribution >= 4 is 0 Å². The van der Waals surface area contributed by atoms with Crippen LogP contribution >= 0.6 is 0 Å². The summed E-state index contributed by atoms with van der Waals surface area (Å²) in [5.74, 6) is 0. The third kappa shape index (κ3) is 3.97. The molecular weight excluding hydrogens is 172 g/mol. The molecule has 1 heterocycles. The number of nitrogens with one attached hydrogen (secondary N) is 1. The summed E-state index contributed by atoms with van der Waals surface area (Å²) in [6.07, 6.45) is 6.88.